The van der Waals surface area contributed by atoms with Crippen LogP contribution in [0.25, 0.3) is 0 Å². The van der Waals surface area contributed by atoms with Gasteiger partial charge in [0.1, 0.15) is 4.90 Å². The molecule has 8 nitrogen and oxygen atoms in total. The average Bonchev–Trinajstić information content (AvgIpc) is 2.81. The van der Waals surface area contributed by atoms with Crippen molar-refractivity contribution in [2.45, 2.75) is 11.8 Å². The van der Waals surface area contributed by atoms with E-state index in [2.05, 4.69) is 10.5 Å². The second-order valence-electron chi connectivity index (χ2n) is 6.54. The predicted molar refractivity (Wildman–Crippen MR) is 125 cm³/mol. The first kappa shape index (κ1) is 24.1. The molecule has 10 heteroatoms. The van der Waals surface area contributed by atoms with Gasteiger partial charge in [-0.2, -0.15) is 13.5 Å². The molecule has 0 radical (unpaired) electrons. The van der Waals surface area contributed by atoms with Gasteiger partial charge in [-0.1, -0.05) is 29.8 Å². The Balaban J connectivity index is 1.67. The van der Waals surface area contributed by atoms with E-state index in [0.717, 1.165) is 0 Å². The summed E-state index contributed by atoms with van der Waals surface area (Å²) in [6, 6.07) is 16.9. The molecule has 3 aromatic carbocycles. The van der Waals surface area contributed by atoms with Crippen LogP contribution in [0.2, 0.25) is 5.02 Å². The van der Waals surface area contributed by atoms with E-state index >= 15 is 0 Å². The van der Waals surface area contributed by atoms with E-state index in [0.29, 0.717) is 29.2 Å². The highest BCUT2D eigenvalue weighted by Crippen LogP contribution is 2.29. The Labute approximate surface area is 196 Å². The first-order valence-electron chi connectivity index (χ1n) is 9.77. The molecule has 0 aliphatic carbocycles. The van der Waals surface area contributed by atoms with Gasteiger partial charge in [0, 0.05) is 5.56 Å². The number of ether oxygens (including phenoxy) is 2. The second kappa shape index (κ2) is 10.8. The van der Waals surface area contributed by atoms with Crippen molar-refractivity contribution in [1.82, 2.24) is 5.43 Å². The molecule has 1 amide bonds. The van der Waals surface area contributed by atoms with Crippen LogP contribution in [-0.4, -0.2) is 34.3 Å². The fourth-order valence-corrected chi connectivity index (χ4v) is 3.98. The topological polar surface area (TPSA) is 103 Å². The Hall–Kier alpha value is -3.56. The van der Waals surface area contributed by atoms with Gasteiger partial charge >= 0.3 is 10.1 Å². The number of hydrogen-bond donors (Lipinski definition) is 1. The summed E-state index contributed by atoms with van der Waals surface area (Å²) in [5.74, 6) is 0.492. The molecule has 3 rings (SSSR count). The highest BCUT2D eigenvalue weighted by atomic mass is 35.5. The van der Waals surface area contributed by atoms with Crippen LogP contribution in [0.3, 0.4) is 0 Å². The van der Waals surface area contributed by atoms with Gasteiger partial charge in [-0.15, -0.1) is 0 Å². The van der Waals surface area contributed by atoms with Crippen LogP contribution >= 0.6 is 11.6 Å². The van der Waals surface area contributed by atoms with E-state index in [1.54, 1.807) is 42.5 Å². The number of hydrogen-bond acceptors (Lipinski definition) is 7. The minimum absolute atomic E-state index is 0.0143. The van der Waals surface area contributed by atoms with Crippen LogP contribution in [0.5, 0.6) is 17.2 Å². The minimum atomic E-state index is -4.01. The number of carbonyl (C=O) groups excluding carboxylic acids is 1. The van der Waals surface area contributed by atoms with Crippen molar-refractivity contribution < 1.29 is 26.9 Å². The summed E-state index contributed by atoms with van der Waals surface area (Å²) >= 11 is 6.17. The van der Waals surface area contributed by atoms with Crippen molar-refractivity contribution in [2.24, 2.45) is 5.10 Å². The molecule has 0 saturated heterocycles. The number of amides is 1. The van der Waals surface area contributed by atoms with Crippen LogP contribution in [0, 0.1) is 0 Å². The molecule has 0 heterocycles. The van der Waals surface area contributed by atoms with Gasteiger partial charge in [0.2, 0.25) is 0 Å². The monoisotopic (exact) mass is 488 g/mol. The van der Waals surface area contributed by atoms with Crippen molar-refractivity contribution in [2.75, 3.05) is 13.7 Å². The Kier molecular flexibility index (Phi) is 7.92. The van der Waals surface area contributed by atoms with Gasteiger partial charge in [-0.25, -0.2) is 5.43 Å². The molecule has 0 fully saturated rings. The molecule has 0 atom stereocenters. The summed E-state index contributed by atoms with van der Waals surface area (Å²) in [6.45, 7) is 2.25. The van der Waals surface area contributed by atoms with E-state index in [9.17, 15) is 13.2 Å². The minimum Gasteiger partial charge on any atom is -0.493 e. The van der Waals surface area contributed by atoms with Crippen LogP contribution in [0.4, 0.5) is 0 Å². The SMILES string of the molecule is CCOc1cc(C(=O)N/N=C/c2ccc(OS(=O)(=O)c3ccccc3)c(Cl)c2)ccc1OC. The van der Waals surface area contributed by atoms with Crippen molar-refractivity contribution >= 4 is 33.8 Å². The number of rotatable bonds is 9. The second-order valence-corrected chi connectivity index (χ2v) is 8.49. The molecule has 3 aromatic rings. The van der Waals surface area contributed by atoms with Gasteiger partial charge in [0.25, 0.3) is 5.91 Å². The Bertz CT molecular complexity index is 1260. The average molecular weight is 489 g/mol. The zero-order valence-electron chi connectivity index (χ0n) is 17.8. The zero-order chi connectivity index (χ0) is 23.8. The van der Waals surface area contributed by atoms with Crippen molar-refractivity contribution in [3.05, 3.63) is 82.9 Å². The van der Waals surface area contributed by atoms with E-state index in [1.807, 2.05) is 6.92 Å². The molecular weight excluding hydrogens is 468 g/mol. The Morgan fingerprint density at radius 2 is 1.76 bits per heavy atom. The highest BCUT2D eigenvalue weighted by Gasteiger charge is 2.18. The van der Waals surface area contributed by atoms with E-state index < -0.39 is 16.0 Å². The lowest BCUT2D eigenvalue weighted by molar-refractivity contribution is 0.0954. The summed E-state index contributed by atoms with van der Waals surface area (Å²) in [7, 11) is -2.50. The quantitative estimate of drug-likeness (QED) is 0.274. The van der Waals surface area contributed by atoms with Crippen LogP contribution in [0.15, 0.2) is 76.7 Å². The Morgan fingerprint density at radius 1 is 1.03 bits per heavy atom. The molecule has 0 aliphatic rings. The molecule has 0 unspecified atom stereocenters. The van der Waals surface area contributed by atoms with Gasteiger partial charge in [-0.05, 0) is 61.0 Å². The van der Waals surface area contributed by atoms with E-state index in [-0.39, 0.29) is 15.7 Å². The summed E-state index contributed by atoms with van der Waals surface area (Å²) < 4.78 is 40.5. The van der Waals surface area contributed by atoms with Crippen LogP contribution in [0.1, 0.15) is 22.8 Å². The largest absolute Gasteiger partial charge is 0.493 e. The molecule has 0 aliphatic heterocycles. The molecule has 0 spiro atoms. The number of benzene rings is 3. The molecule has 0 aromatic heterocycles. The van der Waals surface area contributed by atoms with Crippen molar-refractivity contribution in [1.29, 1.82) is 0 Å². The Morgan fingerprint density at radius 3 is 2.42 bits per heavy atom. The normalized spacial score (nSPS) is 11.2. The molecule has 0 saturated carbocycles. The lowest BCUT2D eigenvalue weighted by Crippen LogP contribution is -2.17. The van der Waals surface area contributed by atoms with E-state index in [4.69, 9.17) is 25.3 Å². The molecule has 1 N–H and O–H groups in total. The van der Waals surface area contributed by atoms with Crippen molar-refractivity contribution in [3.8, 4) is 17.2 Å². The predicted octanol–water partition coefficient (Wildman–Crippen LogP) is 4.28. The number of halogens is 1. The smallest absolute Gasteiger partial charge is 0.339 e. The molecule has 172 valence electrons. The first-order valence-corrected chi connectivity index (χ1v) is 11.6. The van der Waals surface area contributed by atoms with Crippen LogP contribution in [-0.2, 0) is 10.1 Å². The summed E-state index contributed by atoms with van der Waals surface area (Å²) in [5, 5.41) is 3.99. The van der Waals surface area contributed by atoms with Gasteiger partial charge < -0.3 is 13.7 Å². The zero-order valence-corrected chi connectivity index (χ0v) is 19.4. The standard InChI is InChI=1S/C23H21ClN2O6S/c1-3-31-22-14-17(10-12-21(22)30-2)23(27)26-25-15-16-9-11-20(19(24)13-16)32-33(28,29)18-7-5-4-6-8-18/h4-15H,3H2,1-2H3,(H,26,27)/b25-15+. The molecule has 0 bridgehead atoms. The third-order valence-corrected chi connectivity index (χ3v) is 5.84. The summed E-state index contributed by atoms with van der Waals surface area (Å²) in [6.07, 6.45) is 1.37. The summed E-state index contributed by atoms with van der Waals surface area (Å²) in [5.41, 5.74) is 3.27. The van der Waals surface area contributed by atoms with E-state index in [1.165, 1.54) is 37.6 Å². The summed E-state index contributed by atoms with van der Waals surface area (Å²) in [4.78, 5) is 12.4. The molecular formula is C23H21ClN2O6S. The highest BCUT2D eigenvalue weighted by molar-refractivity contribution is 7.87. The van der Waals surface area contributed by atoms with Crippen molar-refractivity contribution in [3.63, 3.8) is 0 Å². The first-order chi connectivity index (χ1) is 15.8. The lowest BCUT2D eigenvalue weighted by Gasteiger charge is -2.10. The number of hydrazone groups is 1. The van der Waals surface area contributed by atoms with Gasteiger partial charge in [-0.3, -0.25) is 4.79 Å². The molecule has 33 heavy (non-hydrogen) atoms. The van der Waals surface area contributed by atoms with Gasteiger partial charge in [0.05, 0.1) is 25.0 Å². The number of methoxy groups -OCH3 is 1. The maximum atomic E-state index is 12.4. The number of nitrogens with zero attached hydrogens (tertiary/aromatic N) is 1. The van der Waals surface area contributed by atoms with Crippen LogP contribution < -0.4 is 19.1 Å². The fourth-order valence-electron chi connectivity index (χ4n) is 2.73. The maximum absolute atomic E-state index is 12.4. The number of carbonyl (C=O) groups is 1. The fraction of sp³-hybridized carbons (Fsp3) is 0.130. The third-order valence-electron chi connectivity index (χ3n) is 4.29. The lowest BCUT2D eigenvalue weighted by atomic mass is 10.2. The maximum Gasteiger partial charge on any atom is 0.339 e. The van der Waals surface area contributed by atoms with Gasteiger partial charge in [0.15, 0.2) is 17.2 Å². The number of nitrogens with one attached hydrogen (secondary N) is 1. The third kappa shape index (κ3) is 6.24.